The number of hydrogen-bond acceptors (Lipinski definition) is 4. The number of rotatable bonds is 9. The van der Waals surface area contributed by atoms with Crippen LogP contribution in [0.1, 0.15) is 89.1 Å². The van der Waals surface area contributed by atoms with Crippen LogP contribution in [-0.2, 0) is 17.9 Å². The molecule has 1 unspecified atom stereocenters. The number of benzene rings is 2. The average Bonchev–Trinajstić information content (AvgIpc) is 3.38. The maximum Gasteiger partial charge on any atom is 0.229 e. The molecule has 2 fully saturated rings. The Balaban J connectivity index is 0.00000129. The van der Waals surface area contributed by atoms with Gasteiger partial charge in [0.25, 0.3) is 0 Å². The molecule has 0 spiro atoms. The second-order valence-corrected chi connectivity index (χ2v) is 12.1. The lowest BCUT2D eigenvalue weighted by atomic mass is 10.0. The van der Waals surface area contributed by atoms with Crippen molar-refractivity contribution in [3.05, 3.63) is 71.2 Å². The molecular formula is C36H52N4O2. The zero-order valence-corrected chi connectivity index (χ0v) is 26.7. The number of allylic oxidation sites excluding steroid dienone is 1. The Kier molecular flexibility index (Phi) is 12.1. The number of carbonyl (C=O) groups is 1. The fraction of sp³-hybridized carbons (Fsp3) is 0.556. The zero-order valence-electron chi connectivity index (χ0n) is 26.7. The number of hydrogen-bond donors (Lipinski definition) is 0. The van der Waals surface area contributed by atoms with Gasteiger partial charge in [0.1, 0.15) is 18.2 Å². The standard InChI is InChI=1S/C33H44N4O2.C3H8/c1-25-13-15-29(16-14-25)39-24-31-34-32-26(2)10-9-12-30(32)37(31)23-17-27(3)33(38)36-21-8-5-11-28(36)18-22-35-19-6-4-7-20-35;1-3-2/h9-10,12-16,18,27H,4-8,11,17,19-24H2,1-3H3;3H2,1-2H3/b28-18-;. The molecule has 2 aromatic carbocycles. The molecule has 3 aromatic rings. The van der Waals surface area contributed by atoms with Gasteiger partial charge in [0.2, 0.25) is 5.91 Å². The number of amides is 1. The molecule has 0 aliphatic carbocycles. The summed E-state index contributed by atoms with van der Waals surface area (Å²) < 4.78 is 8.38. The topological polar surface area (TPSA) is 50.6 Å². The first-order chi connectivity index (χ1) is 20.4. The lowest BCUT2D eigenvalue weighted by molar-refractivity contribution is -0.134. The summed E-state index contributed by atoms with van der Waals surface area (Å²) in [6.45, 7) is 15.8. The van der Waals surface area contributed by atoms with E-state index in [2.05, 4.69) is 85.4 Å². The van der Waals surface area contributed by atoms with Crippen LogP contribution in [0, 0.1) is 19.8 Å². The van der Waals surface area contributed by atoms with Crippen LogP contribution in [0.25, 0.3) is 11.0 Å². The van der Waals surface area contributed by atoms with Crippen molar-refractivity contribution in [2.24, 2.45) is 5.92 Å². The maximum absolute atomic E-state index is 13.7. The Hall–Kier alpha value is -3.12. The van der Waals surface area contributed by atoms with E-state index in [-0.39, 0.29) is 11.8 Å². The molecule has 2 aliphatic rings. The molecule has 1 aromatic heterocycles. The van der Waals surface area contributed by atoms with Crippen molar-refractivity contribution < 1.29 is 9.53 Å². The third kappa shape index (κ3) is 8.47. The fourth-order valence-electron chi connectivity index (χ4n) is 5.88. The summed E-state index contributed by atoms with van der Waals surface area (Å²) in [6.07, 6.45) is 11.6. The highest BCUT2D eigenvalue weighted by Gasteiger charge is 2.26. The van der Waals surface area contributed by atoms with E-state index in [1.54, 1.807) is 0 Å². The quantitative estimate of drug-likeness (QED) is 0.260. The highest BCUT2D eigenvalue weighted by atomic mass is 16.5. The van der Waals surface area contributed by atoms with Crippen LogP contribution < -0.4 is 4.74 Å². The van der Waals surface area contributed by atoms with Gasteiger partial charge in [0, 0.05) is 31.2 Å². The third-order valence-corrected chi connectivity index (χ3v) is 8.37. The third-order valence-electron chi connectivity index (χ3n) is 8.37. The zero-order chi connectivity index (χ0) is 29.9. The molecule has 2 aliphatic heterocycles. The minimum absolute atomic E-state index is 0.0605. The summed E-state index contributed by atoms with van der Waals surface area (Å²) >= 11 is 0. The highest BCUT2D eigenvalue weighted by molar-refractivity contribution is 5.81. The van der Waals surface area contributed by atoms with Crippen LogP contribution in [0.2, 0.25) is 0 Å². The highest BCUT2D eigenvalue weighted by Crippen LogP contribution is 2.26. The van der Waals surface area contributed by atoms with Crippen LogP contribution in [-0.4, -0.2) is 51.4 Å². The Morgan fingerprint density at radius 3 is 2.43 bits per heavy atom. The van der Waals surface area contributed by atoms with E-state index in [1.165, 1.54) is 56.5 Å². The number of imidazole rings is 1. The molecule has 6 heteroatoms. The molecule has 0 N–H and O–H groups in total. The fourth-order valence-corrected chi connectivity index (χ4v) is 5.88. The van der Waals surface area contributed by atoms with Crippen molar-refractivity contribution in [2.75, 3.05) is 26.2 Å². The monoisotopic (exact) mass is 572 g/mol. The van der Waals surface area contributed by atoms with Crippen molar-refractivity contribution in [3.63, 3.8) is 0 Å². The number of piperidine rings is 2. The molecule has 0 bridgehead atoms. The van der Waals surface area contributed by atoms with E-state index in [4.69, 9.17) is 9.72 Å². The van der Waals surface area contributed by atoms with Gasteiger partial charge in [-0.1, -0.05) is 69.5 Å². The smallest absolute Gasteiger partial charge is 0.229 e. The maximum atomic E-state index is 13.7. The van der Waals surface area contributed by atoms with Crippen LogP contribution in [0.3, 0.4) is 0 Å². The van der Waals surface area contributed by atoms with Gasteiger partial charge < -0.3 is 14.2 Å². The number of aromatic nitrogens is 2. The Morgan fingerprint density at radius 1 is 0.976 bits per heavy atom. The summed E-state index contributed by atoms with van der Waals surface area (Å²) in [4.78, 5) is 23.3. The number of ether oxygens (including phenoxy) is 1. The number of fused-ring (bicyclic) bond motifs is 1. The number of aryl methyl sites for hydroxylation is 3. The van der Waals surface area contributed by atoms with Gasteiger partial charge in [0.05, 0.1) is 11.0 Å². The molecular weight excluding hydrogens is 520 g/mol. The van der Waals surface area contributed by atoms with Crippen molar-refractivity contribution in [1.29, 1.82) is 0 Å². The van der Waals surface area contributed by atoms with E-state index in [0.717, 1.165) is 67.1 Å². The molecule has 0 saturated carbocycles. The Morgan fingerprint density at radius 2 is 1.69 bits per heavy atom. The summed E-state index contributed by atoms with van der Waals surface area (Å²) in [5.41, 5.74) is 5.72. The molecule has 42 heavy (non-hydrogen) atoms. The largest absolute Gasteiger partial charge is 0.486 e. The normalized spacial score (nSPS) is 17.6. The van der Waals surface area contributed by atoms with Gasteiger partial charge >= 0.3 is 0 Å². The van der Waals surface area contributed by atoms with Crippen molar-refractivity contribution in [1.82, 2.24) is 19.4 Å². The number of para-hydroxylation sites is 1. The van der Waals surface area contributed by atoms with Gasteiger partial charge in [-0.2, -0.15) is 0 Å². The number of likely N-dealkylation sites (tertiary alicyclic amines) is 2. The minimum atomic E-state index is -0.0605. The van der Waals surface area contributed by atoms with Crippen molar-refractivity contribution >= 4 is 16.9 Å². The van der Waals surface area contributed by atoms with Gasteiger partial charge in [-0.15, -0.1) is 0 Å². The lowest BCUT2D eigenvalue weighted by Crippen LogP contribution is -2.38. The van der Waals surface area contributed by atoms with Gasteiger partial charge in [-0.3, -0.25) is 9.69 Å². The second-order valence-electron chi connectivity index (χ2n) is 12.1. The predicted octanol–water partition coefficient (Wildman–Crippen LogP) is 8.06. The summed E-state index contributed by atoms with van der Waals surface area (Å²) in [5, 5.41) is 0. The Labute approximate surface area is 253 Å². The van der Waals surface area contributed by atoms with Crippen LogP contribution in [0.15, 0.2) is 54.2 Å². The SMILES string of the molecule is CCC.Cc1ccc(OCc2nc3c(C)cccc3n2CCC(C)C(=O)N2CCCC/C2=C/CN2CCCCC2)cc1. The summed E-state index contributed by atoms with van der Waals surface area (Å²) in [7, 11) is 0. The first-order valence-electron chi connectivity index (χ1n) is 16.3. The lowest BCUT2D eigenvalue weighted by Gasteiger charge is -2.33. The van der Waals surface area contributed by atoms with E-state index in [9.17, 15) is 4.79 Å². The van der Waals surface area contributed by atoms with E-state index in [0.29, 0.717) is 6.61 Å². The predicted molar refractivity (Wildman–Crippen MR) is 174 cm³/mol. The number of nitrogens with zero attached hydrogens (tertiary/aromatic N) is 4. The molecule has 5 rings (SSSR count). The van der Waals surface area contributed by atoms with Crippen LogP contribution in [0.5, 0.6) is 5.75 Å². The molecule has 6 nitrogen and oxygen atoms in total. The number of carbonyl (C=O) groups excluding carboxylic acids is 1. The second kappa shape index (κ2) is 15.9. The van der Waals surface area contributed by atoms with Crippen LogP contribution in [0.4, 0.5) is 0 Å². The molecule has 1 amide bonds. The van der Waals surface area contributed by atoms with Crippen LogP contribution >= 0.6 is 0 Å². The molecule has 3 heterocycles. The summed E-state index contributed by atoms with van der Waals surface area (Å²) in [6, 6.07) is 14.4. The van der Waals surface area contributed by atoms with E-state index in [1.807, 2.05) is 12.1 Å². The van der Waals surface area contributed by atoms with Crippen molar-refractivity contribution in [3.8, 4) is 5.75 Å². The van der Waals surface area contributed by atoms with Gasteiger partial charge in [-0.25, -0.2) is 4.98 Å². The van der Waals surface area contributed by atoms with Gasteiger partial charge in [-0.05, 0) is 89.2 Å². The molecule has 2 saturated heterocycles. The minimum Gasteiger partial charge on any atom is -0.486 e. The van der Waals surface area contributed by atoms with E-state index < -0.39 is 0 Å². The van der Waals surface area contributed by atoms with E-state index >= 15 is 0 Å². The Bertz CT molecular complexity index is 1300. The average molecular weight is 573 g/mol. The molecule has 0 radical (unpaired) electrons. The molecule has 228 valence electrons. The molecule has 1 atom stereocenters. The van der Waals surface area contributed by atoms with Gasteiger partial charge in [0.15, 0.2) is 0 Å². The first kappa shape index (κ1) is 31.8. The van der Waals surface area contributed by atoms with Crippen molar-refractivity contribution in [2.45, 2.75) is 99.1 Å². The first-order valence-corrected chi connectivity index (χ1v) is 16.3. The summed E-state index contributed by atoms with van der Waals surface area (Å²) in [5.74, 6) is 1.94.